The van der Waals surface area contributed by atoms with Gasteiger partial charge in [-0.25, -0.2) is 15.6 Å². The number of hydrogen-bond acceptors (Lipinski definition) is 13. The second kappa shape index (κ2) is 16.9. The normalized spacial score (nSPS) is 13.7. The molecule has 42 heavy (non-hydrogen) atoms. The van der Waals surface area contributed by atoms with Crippen molar-refractivity contribution in [1.29, 1.82) is 5.53 Å². The maximum Gasteiger partial charge on any atom is 0.397 e. The van der Waals surface area contributed by atoms with Crippen LogP contribution >= 0.6 is 0 Å². The van der Waals surface area contributed by atoms with E-state index in [1.165, 1.54) is 5.01 Å². The Bertz CT molecular complexity index is 1170. The van der Waals surface area contributed by atoms with Gasteiger partial charge in [0.05, 0.1) is 25.5 Å². The summed E-state index contributed by atoms with van der Waals surface area (Å²) in [5.41, 5.74) is 22.5. The summed E-state index contributed by atoms with van der Waals surface area (Å²) in [5.74, 6) is 6.81. The molecule has 14 nitrogen and oxygen atoms in total. The Balaban J connectivity index is 2.83. The van der Waals surface area contributed by atoms with Crippen LogP contribution < -0.4 is 32.7 Å². The van der Waals surface area contributed by atoms with E-state index in [0.29, 0.717) is 49.0 Å². The van der Waals surface area contributed by atoms with Crippen LogP contribution in [0.1, 0.15) is 53.5 Å². The first-order chi connectivity index (χ1) is 19.3. The predicted octanol–water partition coefficient (Wildman–Crippen LogP) is 2.50. The third-order valence-corrected chi connectivity index (χ3v) is 5.58. The summed E-state index contributed by atoms with van der Waals surface area (Å²) in [6.45, 7) is 13.6. The first-order valence-corrected chi connectivity index (χ1v) is 14.8. The Morgan fingerprint density at radius 2 is 1.55 bits per heavy atom. The summed E-state index contributed by atoms with van der Waals surface area (Å²) in [6.07, 6.45) is 5.43. The van der Waals surface area contributed by atoms with Crippen molar-refractivity contribution in [2.24, 2.45) is 22.4 Å². The van der Waals surface area contributed by atoms with Gasteiger partial charge in [0.2, 0.25) is 0 Å². The van der Waals surface area contributed by atoms with Gasteiger partial charge in [-0.3, -0.25) is 9.45 Å². The lowest BCUT2D eigenvalue weighted by molar-refractivity contribution is 0.229. The molecule has 0 aliphatic heterocycles. The Morgan fingerprint density at radius 3 is 2.10 bits per heavy atom. The lowest BCUT2D eigenvalue weighted by atomic mass is 10.1. The number of ether oxygens (including phenoxy) is 1. The van der Waals surface area contributed by atoms with Gasteiger partial charge in [0.25, 0.3) is 0 Å². The fraction of sp³-hybridized carbons (Fsp3) is 0.556. The van der Waals surface area contributed by atoms with Crippen LogP contribution in [0.4, 0.5) is 0 Å². The highest BCUT2D eigenvalue weighted by Gasteiger charge is 2.14. The van der Waals surface area contributed by atoms with Gasteiger partial charge in [0.1, 0.15) is 5.75 Å². The van der Waals surface area contributed by atoms with Crippen LogP contribution in [0.25, 0.3) is 0 Å². The van der Waals surface area contributed by atoms with Gasteiger partial charge >= 0.3 is 10.4 Å². The number of nitrogens with one attached hydrogen (secondary N) is 3. The van der Waals surface area contributed by atoms with Gasteiger partial charge in [-0.05, 0) is 59.2 Å². The van der Waals surface area contributed by atoms with Gasteiger partial charge in [-0.15, -0.1) is 0 Å². The Kier molecular flexibility index (Phi) is 14.8. The van der Waals surface area contributed by atoms with Crippen molar-refractivity contribution in [3.8, 4) is 5.75 Å². The molecule has 0 heterocycles. The summed E-state index contributed by atoms with van der Waals surface area (Å²) in [6, 6.07) is 7.24. The fourth-order valence-corrected chi connectivity index (χ4v) is 3.62. The highest BCUT2D eigenvalue weighted by atomic mass is 32.3. The van der Waals surface area contributed by atoms with Crippen LogP contribution in [-0.2, 0) is 21.1 Å². The predicted molar refractivity (Wildman–Crippen MR) is 164 cm³/mol. The average molecular weight is 612 g/mol. The smallest absolute Gasteiger partial charge is 0.397 e. The zero-order valence-electron chi connectivity index (χ0n) is 25.6. The van der Waals surface area contributed by atoms with Crippen molar-refractivity contribution in [3.63, 3.8) is 0 Å². The van der Waals surface area contributed by atoms with Crippen molar-refractivity contribution in [2.75, 3.05) is 32.8 Å². The minimum absolute atomic E-state index is 0.141. The molecule has 0 saturated carbocycles. The van der Waals surface area contributed by atoms with E-state index in [1.54, 1.807) is 30.7 Å². The standard InChI is InChI=1S/C27H49N9O5S/c1-26(2,3)32-14-22(28)17-35(20-24(34-30)15-33-27(4,5)6)18-23(29)19-36(31)16-21-8-10-25(11-9-21)40-12-7-13-41-42(37,38)39/h8-11,14-15,19,30,32-33H,7,12-13,16-18,20,28-29,31H2,1-6H3,(H,37,38,39)/b22-14-,23-19-,24-15-,34-30?. The van der Waals surface area contributed by atoms with E-state index in [1.807, 2.05) is 58.6 Å². The van der Waals surface area contributed by atoms with Crippen LogP contribution in [-0.4, -0.2) is 66.8 Å². The van der Waals surface area contributed by atoms with E-state index in [2.05, 4.69) is 19.9 Å². The summed E-state index contributed by atoms with van der Waals surface area (Å²) in [4.78, 5) is 1.97. The average Bonchev–Trinajstić information content (AvgIpc) is 2.84. The first-order valence-electron chi connectivity index (χ1n) is 13.4. The molecule has 15 heteroatoms. The molecule has 0 aliphatic rings. The van der Waals surface area contributed by atoms with Crippen LogP contribution in [0.2, 0.25) is 0 Å². The van der Waals surface area contributed by atoms with Crippen molar-refractivity contribution < 1.29 is 21.9 Å². The van der Waals surface area contributed by atoms with Crippen LogP contribution in [0, 0.1) is 5.53 Å². The molecule has 238 valence electrons. The molecule has 0 atom stereocenters. The largest absolute Gasteiger partial charge is 0.494 e. The molecule has 10 N–H and O–H groups in total. The summed E-state index contributed by atoms with van der Waals surface area (Å²) in [7, 11) is -4.44. The number of nitrogens with two attached hydrogens (primary N) is 3. The highest BCUT2D eigenvalue weighted by molar-refractivity contribution is 7.80. The van der Waals surface area contributed by atoms with Gasteiger partial charge < -0.3 is 31.8 Å². The van der Waals surface area contributed by atoms with E-state index in [-0.39, 0.29) is 30.7 Å². The van der Waals surface area contributed by atoms with Crippen LogP contribution in [0.15, 0.2) is 65.1 Å². The lowest BCUT2D eigenvalue weighted by Crippen LogP contribution is -2.37. The minimum atomic E-state index is -4.44. The van der Waals surface area contributed by atoms with E-state index in [4.69, 9.17) is 32.1 Å². The topological polar surface area (TPSA) is 218 Å². The van der Waals surface area contributed by atoms with E-state index < -0.39 is 10.4 Å². The van der Waals surface area contributed by atoms with Crippen molar-refractivity contribution in [2.45, 2.75) is 65.6 Å². The fourth-order valence-electron chi connectivity index (χ4n) is 3.30. The van der Waals surface area contributed by atoms with Crippen molar-refractivity contribution in [3.05, 3.63) is 65.5 Å². The molecule has 0 unspecified atom stereocenters. The van der Waals surface area contributed by atoms with Crippen molar-refractivity contribution >= 4 is 10.4 Å². The van der Waals surface area contributed by atoms with Gasteiger partial charge in [-0.1, -0.05) is 12.1 Å². The molecule has 1 aromatic rings. The number of hydrazine groups is 1. The molecular formula is C27H49N9O5S. The summed E-state index contributed by atoms with van der Waals surface area (Å²) in [5, 5.41) is 11.6. The lowest BCUT2D eigenvalue weighted by Gasteiger charge is -2.25. The molecule has 0 aliphatic carbocycles. The second-order valence-corrected chi connectivity index (χ2v) is 13.0. The third-order valence-electron chi connectivity index (χ3n) is 5.11. The van der Waals surface area contributed by atoms with E-state index in [9.17, 15) is 8.42 Å². The molecule has 1 rings (SSSR count). The number of hydrogen-bond donors (Lipinski definition) is 7. The first kappa shape index (κ1) is 36.7. The van der Waals surface area contributed by atoms with Gasteiger partial charge in [0.15, 0.2) is 0 Å². The number of benzene rings is 1. The molecule has 0 radical (unpaired) electrons. The molecule has 0 amide bonds. The van der Waals surface area contributed by atoms with E-state index in [0.717, 1.165) is 5.56 Å². The molecular weight excluding hydrogens is 562 g/mol. The number of nitrogens with zero attached hydrogens (tertiary/aromatic N) is 3. The van der Waals surface area contributed by atoms with E-state index >= 15 is 0 Å². The Morgan fingerprint density at radius 1 is 0.976 bits per heavy atom. The molecule has 0 saturated heterocycles. The van der Waals surface area contributed by atoms with Crippen LogP contribution in [0.5, 0.6) is 5.75 Å². The van der Waals surface area contributed by atoms with Crippen molar-refractivity contribution in [1.82, 2.24) is 20.5 Å². The Hall–Kier alpha value is -3.37. The zero-order chi connectivity index (χ0) is 32.0. The second-order valence-electron chi connectivity index (χ2n) is 11.9. The molecule has 0 bridgehead atoms. The summed E-state index contributed by atoms with van der Waals surface area (Å²) >= 11 is 0. The zero-order valence-corrected chi connectivity index (χ0v) is 26.4. The van der Waals surface area contributed by atoms with Crippen LogP contribution in [0.3, 0.4) is 0 Å². The maximum absolute atomic E-state index is 10.6. The highest BCUT2D eigenvalue weighted by Crippen LogP contribution is 2.14. The monoisotopic (exact) mass is 611 g/mol. The Labute approximate surface area is 250 Å². The molecule has 0 spiro atoms. The SMILES string of the molecule is CC(C)(C)N/C=C(\N)CN(C/C(N)=C/N(N)Cc1ccc(OCCCOS(=O)(=O)O)cc1)C/C(=C/NC(C)(C)C)N=N. The molecule has 0 fully saturated rings. The number of rotatable bonds is 18. The minimum Gasteiger partial charge on any atom is -0.494 e. The summed E-state index contributed by atoms with van der Waals surface area (Å²) < 4.78 is 39.5. The molecule has 1 aromatic carbocycles. The maximum atomic E-state index is 10.6. The molecule has 0 aromatic heterocycles. The van der Waals surface area contributed by atoms with Gasteiger partial charge in [-0.2, -0.15) is 13.5 Å². The third kappa shape index (κ3) is 18.9. The van der Waals surface area contributed by atoms with Gasteiger partial charge in [0, 0.05) is 67.1 Å². The quantitative estimate of drug-likeness (QED) is 0.0419.